The van der Waals surface area contributed by atoms with Crippen LogP contribution in [-0.2, 0) is 9.59 Å². The van der Waals surface area contributed by atoms with Crippen LogP contribution in [0.4, 0.5) is 0 Å². The summed E-state index contributed by atoms with van der Waals surface area (Å²) in [5.41, 5.74) is 11.3. The van der Waals surface area contributed by atoms with Crippen LogP contribution in [0.2, 0.25) is 0 Å². The summed E-state index contributed by atoms with van der Waals surface area (Å²) in [6.45, 7) is 0. The number of primary amides is 2. The number of hydrogen-bond acceptors (Lipinski definition) is 2. The first kappa shape index (κ1) is 13.0. The third kappa shape index (κ3) is 3.48. The van der Waals surface area contributed by atoms with E-state index in [4.69, 9.17) is 11.5 Å². The molecule has 1 unspecified atom stereocenters. The first-order valence-corrected chi connectivity index (χ1v) is 5.92. The van der Waals surface area contributed by atoms with Crippen LogP contribution in [0.3, 0.4) is 0 Å². The maximum absolute atomic E-state index is 11.3. The van der Waals surface area contributed by atoms with Crippen molar-refractivity contribution in [2.45, 2.75) is 18.8 Å². The maximum Gasteiger partial charge on any atom is 0.225 e. The Bertz CT molecular complexity index is 407. The minimum absolute atomic E-state index is 0.165. The van der Waals surface area contributed by atoms with E-state index in [9.17, 15) is 9.59 Å². The van der Waals surface area contributed by atoms with Crippen molar-refractivity contribution in [2.24, 2.45) is 11.5 Å². The molecule has 0 fully saturated rings. The second-order valence-electron chi connectivity index (χ2n) is 3.48. The number of carbonyl (C=O) groups is 2. The summed E-state index contributed by atoms with van der Waals surface area (Å²) in [6.07, 6.45) is 0.531. The smallest absolute Gasteiger partial charge is 0.225 e. The van der Waals surface area contributed by atoms with Crippen molar-refractivity contribution in [2.75, 3.05) is 0 Å². The van der Waals surface area contributed by atoms with Crippen LogP contribution in [-0.4, -0.2) is 11.8 Å². The van der Waals surface area contributed by atoms with Crippen molar-refractivity contribution >= 4 is 34.4 Å². The van der Waals surface area contributed by atoms with Crippen LogP contribution in [0.25, 0.3) is 0 Å². The van der Waals surface area contributed by atoms with E-state index < -0.39 is 17.7 Å². The molecule has 1 aromatic carbocycles. The molecule has 0 radical (unpaired) electrons. The van der Waals surface area contributed by atoms with Crippen molar-refractivity contribution in [1.82, 2.24) is 0 Å². The summed E-state index contributed by atoms with van der Waals surface area (Å²) in [7, 11) is 0. The van der Waals surface area contributed by atoms with E-state index in [0.29, 0.717) is 6.42 Å². The van der Waals surface area contributed by atoms with Gasteiger partial charge < -0.3 is 11.5 Å². The number of carbonyl (C=O) groups excluding carboxylic acids is 2. The average molecular weight is 332 g/mol. The zero-order valence-corrected chi connectivity index (χ0v) is 10.8. The number of amides is 2. The van der Waals surface area contributed by atoms with E-state index in [-0.39, 0.29) is 6.42 Å². The van der Waals surface area contributed by atoms with Crippen molar-refractivity contribution in [3.63, 3.8) is 0 Å². The molecular formula is C11H13IN2O2. The summed E-state index contributed by atoms with van der Waals surface area (Å²) in [5.74, 6) is -1.29. The highest BCUT2D eigenvalue weighted by molar-refractivity contribution is 14.1. The van der Waals surface area contributed by atoms with Gasteiger partial charge in [0.2, 0.25) is 11.8 Å². The first-order chi connectivity index (χ1) is 7.52. The Hall–Kier alpha value is -1.11. The Morgan fingerprint density at radius 3 is 2.38 bits per heavy atom. The molecule has 1 aromatic rings. The molecule has 1 rings (SSSR count). The monoisotopic (exact) mass is 332 g/mol. The van der Waals surface area contributed by atoms with E-state index in [1.165, 1.54) is 0 Å². The van der Waals surface area contributed by atoms with Gasteiger partial charge in [0, 0.05) is 9.99 Å². The fourth-order valence-corrected chi connectivity index (χ4v) is 2.26. The Morgan fingerprint density at radius 2 is 1.88 bits per heavy atom. The molecule has 0 bridgehead atoms. The number of nitrogens with two attached hydrogens (primary N) is 2. The molecule has 0 heterocycles. The molecule has 0 aliphatic heterocycles. The Morgan fingerprint density at radius 1 is 1.25 bits per heavy atom. The molecule has 5 heteroatoms. The van der Waals surface area contributed by atoms with Gasteiger partial charge in [-0.3, -0.25) is 9.59 Å². The lowest BCUT2D eigenvalue weighted by Crippen LogP contribution is -2.24. The van der Waals surface area contributed by atoms with E-state index in [1.807, 2.05) is 24.3 Å². The van der Waals surface area contributed by atoms with Gasteiger partial charge in [-0.1, -0.05) is 18.2 Å². The summed E-state index contributed by atoms with van der Waals surface area (Å²) in [4.78, 5) is 22.0. The van der Waals surface area contributed by atoms with Gasteiger partial charge in [-0.2, -0.15) is 0 Å². The van der Waals surface area contributed by atoms with Crippen LogP contribution < -0.4 is 11.5 Å². The number of rotatable bonds is 5. The fraction of sp³-hybridized carbons (Fsp3) is 0.273. The topological polar surface area (TPSA) is 86.2 Å². The molecule has 1 atom stereocenters. The number of halogens is 1. The van der Waals surface area contributed by atoms with E-state index in [2.05, 4.69) is 22.6 Å². The lowest BCUT2D eigenvalue weighted by molar-refractivity contribution is -0.120. The summed E-state index contributed by atoms with van der Waals surface area (Å²) >= 11 is 2.14. The van der Waals surface area contributed by atoms with Crippen LogP contribution in [0.1, 0.15) is 24.3 Å². The Labute approximate surface area is 108 Å². The molecule has 0 aliphatic rings. The Kier molecular flexibility index (Phi) is 4.72. The normalized spacial score (nSPS) is 12.1. The highest BCUT2D eigenvalue weighted by Gasteiger charge is 2.20. The molecule has 0 saturated heterocycles. The van der Waals surface area contributed by atoms with E-state index >= 15 is 0 Å². The van der Waals surface area contributed by atoms with Crippen molar-refractivity contribution in [1.29, 1.82) is 0 Å². The van der Waals surface area contributed by atoms with Gasteiger partial charge in [0.1, 0.15) is 0 Å². The quantitative estimate of drug-likeness (QED) is 0.792. The maximum atomic E-state index is 11.3. The van der Waals surface area contributed by atoms with Gasteiger partial charge in [-0.05, 0) is 40.6 Å². The van der Waals surface area contributed by atoms with Gasteiger partial charge in [-0.25, -0.2) is 0 Å². The van der Waals surface area contributed by atoms with Crippen molar-refractivity contribution in [3.8, 4) is 0 Å². The fourth-order valence-electron chi connectivity index (χ4n) is 1.50. The van der Waals surface area contributed by atoms with E-state index in [0.717, 1.165) is 9.13 Å². The standard InChI is InChI=1S/C11H13IN2O2/c12-9-4-2-1-3-7(9)8(11(14)16)5-6-10(13)15/h1-4,8H,5-6H2,(H2,13,15)(H2,14,16). The van der Waals surface area contributed by atoms with Crippen molar-refractivity contribution < 1.29 is 9.59 Å². The Balaban J connectivity index is 2.90. The molecule has 86 valence electrons. The van der Waals surface area contributed by atoms with Gasteiger partial charge >= 0.3 is 0 Å². The average Bonchev–Trinajstić information content (AvgIpc) is 2.20. The first-order valence-electron chi connectivity index (χ1n) is 4.84. The van der Waals surface area contributed by atoms with Crippen LogP contribution in [0, 0.1) is 3.57 Å². The van der Waals surface area contributed by atoms with Crippen LogP contribution in [0.5, 0.6) is 0 Å². The van der Waals surface area contributed by atoms with Gasteiger partial charge in [0.25, 0.3) is 0 Å². The van der Waals surface area contributed by atoms with Crippen molar-refractivity contribution in [3.05, 3.63) is 33.4 Å². The van der Waals surface area contributed by atoms with Crippen LogP contribution in [0.15, 0.2) is 24.3 Å². The summed E-state index contributed by atoms with van der Waals surface area (Å²) in [6, 6.07) is 7.48. The molecule has 0 spiro atoms. The molecule has 0 aliphatic carbocycles. The molecular weight excluding hydrogens is 319 g/mol. The molecule has 2 amide bonds. The molecule has 4 N–H and O–H groups in total. The predicted octanol–water partition coefficient (Wildman–Crippen LogP) is 1.13. The number of hydrogen-bond donors (Lipinski definition) is 2. The molecule has 4 nitrogen and oxygen atoms in total. The lowest BCUT2D eigenvalue weighted by Gasteiger charge is -2.14. The highest BCUT2D eigenvalue weighted by atomic mass is 127. The lowest BCUT2D eigenvalue weighted by atomic mass is 9.93. The highest BCUT2D eigenvalue weighted by Crippen LogP contribution is 2.25. The second kappa shape index (κ2) is 5.83. The van der Waals surface area contributed by atoms with Gasteiger partial charge in [0.05, 0.1) is 5.92 Å². The molecule has 0 saturated carbocycles. The van der Waals surface area contributed by atoms with Gasteiger partial charge in [-0.15, -0.1) is 0 Å². The summed E-state index contributed by atoms with van der Waals surface area (Å²) in [5, 5.41) is 0. The summed E-state index contributed by atoms with van der Waals surface area (Å²) < 4.78 is 0.966. The van der Waals surface area contributed by atoms with E-state index in [1.54, 1.807) is 0 Å². The molecule has 0 aromatic heterocycles. The second-order valence-corrected chi connectivity index (χ2v) is 4.64. The third-order valence-corrected chi connectivity index (χ3v) is 3.29. The zero-order valence-electron chi connectivity index (χ0n) is 8.65. The predicted molar refractivity (Wildman–Crippen MR) is 69.5 cm³/mol. The number of benzene rings is 1. The minimum Gasteiger partial charge on any atom is -0.370 e. The van der Waals surface area contributed by atoms with Gasteiger partial charge in [0.15, 0.2) is 0 Å². The molecule has 16 heavy (non-hydrogen) atoms. The largest absolute Gasteiger partial charge is 0.370 e. The zero-order chi connectivity index (χ0) is 12.1. The minimum atomic E-state index is -0.444. The third-order valence-electron chi connectivity index (χ3n) is 2.30. The SMILES string of the molecule is NC(=O)CCC(C(N)=O)c1ccccc1I. The van der Waals surface area contributed by atoms with Crippen LogP contribution >= 0.6 is 22.6 Å².